The Labute approximate surface area is 111 Å². The maximum absolute atomic E-state index is 5.21. The number of hydrogen-bond acceptors (Lipinski definition) is 3. The Kier molecular flexibility index (Phi) is 5.82. The van der Waals surface area contributed by atoms with Crippen molar-refractivity contribution < 1.29 is 4.74 Å². The van der Waals surface area contributed by atoms with Gasteiger partial charge in [-0.05, 0) is 40.7 Å². The highest BCUT2D eigenvalue weighted by Crippen LogP contribution is 2.23. The van der Waals surface area contributed by atoms with Crippen LogP contribution in [0.25, 0.3) is 0 Å². The molecule has 2 atom stereocenters. The zero-order valence-electron chi connectivity index (χ0n) is 12.6. The second-order valence-electron chi connectivity index (χ2n) is 5.01. The highest BCUT2D eigenvalue weighted by molar-refractivity contribution is 5.28. The molecule has 0 aliphatic heterocycles. The van der Waals surface area contributed by atoms with Crippen LogP contribution in [0.15, 0.2) is 0 Å². The van der Waals surface area contributed by atoms with Gasteiger partial charge in [-0.15, -0.1) is 0 Å². The summed E-state index contributed by atoms with van der Waals surface area (Å²) in [5, 5.41) is 8.18. The third-order valence-corrected chi connectivity index (χ3v) is 3.34. The van der Waals surface area contributed by atoms with Gasteiger partial charge in [-0.3, -0.25) is 4.68 Å². The van der Waals surface area contributed by atoms with Gasteiger partial charge in [0.2, 0.25) is 0 Å². The van der Waals surface area contributed by atoms with Crippen molar-refractivity contribution in [1.82, 2.24) is 15.1 Å². The van der Waals surface area contributed by atoms with Crippen LogP contribution in [0.5, 0.6) is 0 Å². The molecule has 4 nitrogen and oxygen atoms in total. The molecule has 1 aromatic rings. The first-order valence-electron chi connectivity index (χ1n) is 6.80. The molecule has 0 saturated heterocycles. The summed E-state index contributed by atoms with van der Waals surface area (Å²) < 4.78 is 7.29. The summed E-state index contributed by atoms with van der Waals surface area (Å²) in [6, 6.07) is 0.634. The third-order valence-electron chi connectivity index (χ3n) is 3.34. The zero-order valence-corrected chi connectivity index (χ0v) is 12.6. The minimum absolute atomic E-state index is 0.279. The van der Waals surface area contributed by atoms with Gasteiger partial charge < -0.3 is 10.1 Å². The van der Waals surface area contributed by atoms with E-state index in [1.54, 1.807) is 7.11 Å². The summed E-state index contributed by atoms with van der Waals surface area (Å²) in [6.45, 7) is 12.5. The Hall–Kier alpha value is -0.870. The standard InChI is InChI=1S/C14H27N3O/c1-7-8-15-11(3)14-12(4)16-17(13(14)5)10(2)9-18-6/h10-11,15H,7-9H2,1-6H3. The molecule has 104 valence electrons. The van der Waals surface area contributed by atoms with Crippen molar-refractivity contribution in [3.8, 4) is 0 Å². The lowest BCUT2D eigenvalue weighted by molar-refractivity contribution is 0.156. The number of ether oxygens (including phenoxy) is 1. The van der Waals surface area contributed by atoms with Gasteiger partial charge in [0.05, 0.1) is 18.3 Å². The van der Waals surface area contributed by atoms with E-state index in [2.05, 4.69) is 49.7 Å². The molecule has 1 N–H and O–H groups in total. The molecule has 0 aliphatic carbocycles. The number of nitrogens with one attached hydrogen (secondary N) is 1. The van der Waals surface area contributed by atoms with Crippen LogP contribution >= 0.6 is 0 Å². The number of nitrogens with zero attached hydrogens (tertiary/aromatic N) is 2. The van der Waals surface area contributed by atoms with Crippen LogP contribution in [0.3, 0.4) is 0 Å². The number of methoxy groups -OCH3 is 1. The molecule has 18 heavy (non-hydrogen) atoms. The van der Waals surface area contributed by atoms with E-state index >= 15 is 0 Å². The minimum atomic E-state index is 0.279. The summed E-state index contributed by atoms with van der Waals surface area (Å²) in [5.74, 6) is 0. The molecule has 0 saturated carbocycles. The average molecular weight is 253 g/mol. The molecule has 0 aliphatic rings. The predicted octanol–water partition coefficient (Wildman–Crippen LogP) is 2.77. The van der Waals surface area contributed by atoms with E-state index < -0.39 is 0 Å². The van der Waals surface area contributed by atoms with E-state index in [4.69, 9.17) is 4.74 Å². The highest BCUT2D eigenvalue weighted by atomic mass is 16.5. The van der Waals surface area contributed by atoms with Crippen molar-refractivity contribution in [3.05, 3.63) is 17.0 Å². The van der Waals surface area contributed by atoms with E-state index in [-0.39, 0.29) is 6.04 Å². The van der Waals surface area contributed by atoms with E-state index in [9.17, 15) is 0 Å². The molecule has 1 rings (SSSR count). The van der Waals surface area contributed by atoms with E-state index in [1.807, 2.05) is 0 Å². The SMILES string of the molecule is CCCNC(C)c1c(C)nn(C(C)COC)c1C. The Morgan fingerprint density at radius 1 is 1.33 bits per heavy atom. The normalized spacial score (nSPS) is 14.8. The molecule has 1 aromatic heterocycles. The topological polar surface area (TPSA) is 39.1 Å². The van der Waals surface area contributed by atoms with Crippen molar-refractivity contribution in [2.45, 2.75) is 53.1 Å². The second kappa shape index (κ2) is 6.90. The average Bonchev–Trinajstić information content (AvgIpc) is 2.62. The Morgan fingerprint density at radius 3 is 2.56 bits per heavy atom. The van der Waals surface area contributed by atoms with Crippen LogP contribution in [0.4, 0.5) is 0 Å². The van der Waals surface area contributed by atoms with Crippen molar-refractivity contribution in [1.29, 1.82) is 0 Å². The van der Waals surface area contributed by atoms with Crippen molar-refractivity contribution in [2.75, 3.05) is 20.3 Å². The van der Waals surface area contributed by atoms with Crippen molar-refractivity contribution >= 4 is 0 Å². The number of aryl methyl sites for hydroxylation is 1. The molecule has 0 amide bonds. The molecule has 0 spiro atoms. The molecular weight excluding hydrogens is 226 g/mol. The Balaban J connectivity index is 2.93. The van der Waals surface area contributed by atoms with Gasteiger partial charge in [0.15, 0.2) is 0 Å². The molecule has 1 heterocycles. The highest BCUT2D eigenvalue weighted by Gasteiger charge is 2.19. The summed E-state index contributed by atoms with van der Waals surface area (Å²) in [5.41, 5.74) is 3.69. The molecule has 2 unspecified atom stereocenters. The van der Waals surface area contributed by atoms with Gasteiger partial charge in [-0.2, -0.15) is 5.10 Å². The first-order valence-corrected chi connectivity index (χ1v) is 6.80. The fourth-order valence-electron chi connectivity index (χ4n) is 2.51. The van der Waals surface area contributed by atoms with E-state index in [0.717, 1.165) is 18.7 Å². The lowest BCUT2D eigenvalue weighted by Crippen LogP contribution is -2.21. The third kappa shape index (κ3) is 3.33. The number of rotatable bonds is 7. The van der Waals surface area contributed by atoms with Gasteiger partial charge >= 0.3 is 0 Å². The number of aromatic nitrogens is 2. The fourth-order valence-corrected chi connectivity index (χ4v) is 2.51. The van der Waals surface area contributed by atoms with Gasteiger partial charge in [0, 0.05) is 24.4 Å². The minimum Gasteiger partial charge on any atom is -0.382 e. The van der Waals surface area contributed by atoms with Gasteiger partial charge in [-0.25, -0.2) is 0 Å². The van der Waals surface area contributed by atoms with Crippen LogP contribution in [0.1, 0.15) is 56.2 Å². The first kappa shape index (κ1) is 15.2. The maximum atomic E-state index is 5.21. The molecule has 0 fully saturated rings. The van der Waals surface area contributed by atoms with E-state index in [0.29, 0.717) is 12.6 Å². The number of hydrogen-bond donors (Lipinski definition) is 1. The van der Waals surface area contributed by atoms with Gasteiger partial charge in [0.25, 0.3) is 0 Å². The molecule has 0 aromatic carbocycles. The molecule has 0 bridgehead atoms. The maximum Gasteiger partial charge on any atom is 0.0727 e. The van der Waals surface area contributed by atoms with Crippen LogP contribution in [-0.4, -0.2) is 30.0 Å². The summed E-state index contributed by atoms with van der Waals surface area (Å²) in [6.07, 6.45) is 1.15. The predicted molar refractivity (Wildman–Crippen MR) is 75.0 cm³/mol. The van der Waals surface area contributed by atoms with Crippen LogP contribution in [-0.2, 0) is 4.74 Å². The van der Waals surface area contributed by atoms with Crippen molar-refractivity contribution in [2.24, 2.45) is 0 Å². The monoisotopic (exact) mass is 253 g/mol. The van der Waals surface area contributed by atoms with E-state index in [1.165, 1.54) is 11.3 Å². The van der Waals surface area contributed by atoms with Crippen LogP contribution < -0.4 is 5.32 Å². The quantitative estimate of drug-likeness (QED) is 0.812. The summed E-state index contributed by atoms with van der Waals surface area (Å²) >= 11 is 0. The lowest BCUT2D eigenvalue weighted by Gasteiger charge is -2.16. The molecule has 0 radical (unpaired) electrons. The first-order chi connectivity index (χ1) is 8.52. The fraction of sp³-hybridized carbons (Fsp3) is 0.786. The van der Waals surface area contributed by atoms with Crippen molar-refractivity contribution in [3.63, 3.8) is 0 Å². The van der Waals surface area contributed by atoms with Crippen LogP contribution in [0, 0.1) is 13.8 Å². The lowest BCUT2D eigenvalue weighted by atomic mass is 10.1. The molecule has 4 heteroatoms. The summed E-state index contributed by atoms with van der Waals surface area (Å²) in [7, 11) is 1.73. The Bertz CT molecular complexity index is 373. The summed E-state index contributed by atoms with van der Waals surface area (Å²) in [4.78, 5) is 0. The Morgan fingerprint density at radius 2 is 2.00 bits per heavy atom. The van der Waals surface area contributed by atoms with Gasteiger partial charge in [0.1, 0.15) is 0 Å². The van der Waals surface area contributed by atoms with Crippen LogP contribution in [0.2, 0.25) is 0 Å². The second-order valence-corrected chi connectivity index (χ2v) is 5.01. The smallest absolute Gasteiger partial charge is 0.0727 e. The molecular formula is C14H27N3O. The largest absolute Gasteiger partial charge is 0.382 e. The zero-order chi connectivity index (χ0) is 13.7. The van der Waals surface area contributed by atoms with Gasteiger partial charge in [-0.1, -0.05) is 6.92 Å².